The van der Waals surface area contributed by atoms with Crippen molar-refractivity contribution in [3.63, 3.8) is 0 Å². The Morgan fingerprint density at radius 1 is 1.14 bits per heavy atom. The first kappa shape index (κ1) is 15.2. The first-order chi connectivity index (χ1) is 9.88. The van der Waals surface area contributed by atoms with Crippen LogP contribution in [-0.2, 0) is 0 Å². The summed E-state index contributed by atoms with van der Waals surface area (Å²) in [4.78, 5) is 23.2. The van der Waals surface area contributed by atoms with Crippen molar-refractivity contribution in [2.75, 3.05) is 5.32 Å². The lowest BCUT2D eigenvalue weighted by atomic mass is 10.1. The van der Waals surface area contributed by atoms with Crippen LogP contribution in [0, 0.1) is 12.7 Å². The first-order valence-electron chi connectivity index (χ1n) is 6.05. The Morgan fingerprint density at radius 3 is 2.38 bits per heavy atom. The zero-order chi connectivity index (χ0) is 15.6. The van der Waals surface area contributed by atoms with E-state index in [0.29, 0.717) is 22.4 Å². The maximum atomic E-state index is 13.2. The Bertz CT molecular complexity index is 732. The number of benzene rings is 2. The van der Waals surface area contributed by atoms with Gasteiger partial charge in [-0.2, -0.15) is 0 Å². The number of hydrogen-bond donors (Lipinski definition) is 2. The number of primary amides is 1. The minimum absolute atomic E-state index is 0.218. The maximum absolute atomic E-state index is 13.2. The molecule has 0 aromatic heterocycles. The summed E-state index contributed by atoms with van der Waals surface area (Å²) in [6.07, 6.45) is 0. The molecule has 0 unspecified atom stereocenters. The van der Waals surface area contributed by atoms with Gasteiger partial charge >= 0.3 is 0 Å². The van der Waals surface area contributed by atoms with Gasteiger partial charge in [0.05, 0.1) is 4.47 Å². The third kappa shape index (κ3) is 3.46. The van der Waals surface area contributed by atoms with Crippen LogP contribution in [-0.4, -0.2) is 11.8 Å². The molecule has 6 heteroatoms. The predicted molar refractivity (Wildman–Crippen MR) is 81.8 cm³/mol. The summed E-state index contributed by atoms with van der Waals surface area (Å²) in [5, 5.41) is 2.70. The van der Waals surface area contributed by atoms with E-state index < -0.39 is 11.7 Å². The zero-order valence-electron chi connectivity index (χ0n) is 11.1. The van der Waals surface area contributed by atoms with Crippen molar-refractivity contribution in [1.82, 2.24) is 0 Å². The van der Waals surface area contributed by atoms with E-state index in [1.54, 1.807) is 19.1 Å². The summed E-state index contributed by atoms with van der Waals surface area (Å²) in [5.41, 5.74) is 7.15. The molecule has 0 radical (unpaired) electrons. The predicted octanol–water partition coefficient (Wildman–Crippen LogP) is 3.25. The first-order valence-corrected chi connectivity index (χ1v) is 6.84. The number of hydrogen-bond acceptors (Lipinski definition) is 2. The molecule has 2 aromatic carbocycles. The molecule has 0 fully saturated rings. The van der Waals surface area contributed by atoms with Crippen molar-refractivity contribution in [3.8, 4) is 0 Å². The van der Waals surface area contributed by atoms with E-state index in [2.05, 4.69) is 21.2 Å². The molecule has 0 aliphatic carbocycles. The summed E-state index contributed by atoms with van der Waals surface area (Å²) >= 11 is 3.03. The zero-order valence-corrected chi connectivity index (χ0v) is 12.7. The van der Waals surface area contributed by atoms with E-state index in [1.807, 2.05) is 0 Å². The van der Waals surface area contributed by atoms with E-state index in [-0.39, 0.29) is 10.4 Å². The average molecular weight is 351 g/mol. The van der Waals surface area contributed by atoms with Crippen LogP contribution in [0.4, 0.5) is 10.1 Å². The minimum Gasteiger partial charge on any atom is -0.366 e. The SMILES string of the molecule is Cc1cc(C(N)=O)ccc1NC(=O)c1ccc(F)c(Br)c1. The largest absolute Gasteiger partial charge is 0.366 e. The van der Waals surface area contributed by atoms with E-state index in [1.165, 1.54) is 24.3 Å². The Morgan fingerprint density at radius 2 is 1.81 bits per heavy atom. The van der Waals surface area contributed by atoms with Crippen molar-refractivity contribution in [2.24, 2.45) is 5.73 Å². The second-order valence-electron chi connectivity index (χ2n) is 4.48. The maximum Gasteiger partial charge on any atom is 0.255 e. The quantitative estimate of drug-likeness (QED) is 0.891. The van der Waals surface area contributed by atoms with Gasteiger partial charge in [-0.25, -0.2) is 4.39 Å². The van der Waals surface area contributed by atoms with Crippen molar-refractivity contribution >= 4 is 33.4 Å². The van der Waals surface area contributed by atoms with Gasteiger partial charge in [0, 0.05) is 16.8 Å². The molecule has 0 aliphatic rings. The number of nitrogens with one attached hydrogen (secondary N) is 1. The van der Waals surface area contributed by atoms with Gasteiger partial charge in [-0.1, -0.05) is 0 Å². The lowest BCUT2D eigenvalue weighted by Crippen LogP contribution is -2.14. The van der Waals surface area contributed by atoms with Crippen LogP contribution in [0.25, 0.3) is 0 Å². The topological polar surface area (TPSA) is 72.2 Å². The Hall–Kier alpha value is -2.21. The van der Waals surface area contributed by atoms with Crippen LogP contribution in [0.15, 0.2) is 40.9 Å². The molecule has 0 spiro atoms. The summed E-state index contributed by atoms with van der Waals surface area (Å²) in [7, 11) is 0. The lowest BCUT2D eigenvalue weighted by Gasteiger charge is -2.09. The minimum atomic E-state index is -0.529. The monoisotopic (exact) mass is 350 g/mol. The number of rotatable bonds is 3. The molecule has 0 saturated heterocycles. The summed E-state index contributed by atoms with van der Waals surface area (Å²) in [6.45, 7) is 1.75. The fourth-order valence-electron chi connectivity index (χ4n) is 1.79. The highest BCUT2D eigenvalue weighted by molar-refractivity contribution is 9.10. The number of anilines is 1. The molecule has 0 bridgehead atoms. The number of nitrogens with two attached hydrogens (primary N) is 1. The molecule has 0 saturated carbocycles. The molecule has 0 aliphatic heterocycles. The highest BCUT2D eigenvalue weighted by Crippen LogP contribution is 2.20. The average Bonchev–Trinajstić information content (AvgIpc) is 2.43. The Labute approximate surface area is 129 Å². The number of carbonyl (C=O) groups excluding carboxylic acids is 2. The summed E-state index contributed by atoms with van der Waals surface area (Å²) in [6, 6.07) is 8.73. The third-order valence-corrected chi connectivity index (χ3v) is 3.55. The van der Waals surface area contributed by atoms with Gasteiger partial charge in [0.2, 0.25) is 5.91 Å². The molecule has 108 valence electrons. The second-order valence-corrected chi connectivity index (χ2v) is 5.33. The molecular weight excluding hydrogens is 339 g/mol. The molecular formula is C15H12BrFN2O2. The summed E-state index contributed by atoms with van der Waals surface area (Å²) in [5.74, 6) is -1.34. The number of carbonyl (C=O) groups is 2. The van der Waals surface area contributed by atoms with Crippen molar-refractivity contribution in [3.05, 3.63) is 63.4 Å². The van der Waals surface area contributed by atoms with Crippen molar-refractivity contribution in [1.29, 1.82) is 0 Å². The van der Waals surface area contributed by atoms with Gasteiger partial charge in [0.1, 0.15) is 5.82 Å². The van der Waals surface area contributed by atoms with E-state index in [9.17, 15) is 14.0 Å². The van der Waals surface area contributed by atoms with Gasteiger partial charge in [0.25, 0.3) is 5.91 Å². The van der Waals surface area contributed by atoms with Gasteiger partial charge in [0.15, 0.2) is 0 Å². The Kier molecular flexibility index (Phi) is 4.37. The van der Waals surface area contributed by atoms with E-state index in [4.69, 9.17) is 5.73 Å². The van der Waals surface area contributed by atoms with Crippen LogP contribution in [0.3, 0.4) is 0 Å². The molecule has 0 heterocycles. The molecule has 2 rings (SSSR count). The highest BCUT2D eigenvalue weighted by Gasteiger charge is 2.11. The second kappa shape index (κ2) is 6.05. The van der Waals surface area contributed by atoms with E-state index >= 15 is 0 Å². The molecule has 21 heavy (non-hydrogen) atoms. The normalized spacial score (nSPS) is 10.2. The molecule has 0 atom stereocenters. The lowest BCUT2D eigenvalue weighted by molar-refractivity contribution is 0.0998. The number of amides is 2. The van der Waals surface area contributed by atoms with Gasteiger partial charge < -0.3 is 11.1 Å². The molecule has 4 nitrogen and oxygen atoms in total. The molecule has 2 amide bonds. The number of aryl methyl sites for hydroxylation is 1. The van der Waals surface area contributed by atoms with Crippen LogP contribution < -0.4 is 11.1 Å². The van der Waals surface area contributed by atoms with Crippen LogP contribution >= 0.6 is 15.9 Å². The molecule has 2 aromatic rings. The smallest absolute Gasteiger partial charge is 0.255 e. The highest BCUT2D eigenvalue weighted by atomic mass is 79.9. The van der Waals surface area contributed by atoms with Crippen LogP contribution in [0.5, 0.6) is 0 Å². The van der Waals surface area contributed by atoms with Crippen molar-refractivity contribution < 1.29 is 14.0 Å². The van der Waals surface area contributed by atoms with Crippen LogP contribution in [0.2, 0.25) is 0 Å². The van der Waals surface area contributed by atoms with E-state index in [0.717, 1.165) is 0 Å². The Balaban J connectivity index is 2.23. The van der Waals surface area contributed by atoms with Gasteiger partial charge in [-0.05, 0) is 64.8 Å². The summed E-state index contributed by atoms with van der Waals surface area (Å²) < 4.78 is 13.4. The number of halogens is 2. The van der Waals surface area contributed by atoms with Crippen LogP contribution in [0.1, 0.15) is 26.3 Å². The van der Waals surface area contributed by atoms with Gasteiger partial charge in [-0.15, -0.1) is 0 Å². The fraction of sp³-hybridized carbons (Fsp3) is 0.0667. The standard InChI is InChI=1S/C15H12BrFN2O2/c1-8-6-9(14(18)20)3-5-13(8)19-15(21)10-2-4-12(17)11(16)7-10/h2-7H,1H3,(H2,18,20)(H,19,21). The third-order valence-electron chi connectivity index (χ3n) is 2.94. The van der Waals surface area contributed by atoms with Gasteiger partial charge in [-0.3, -0.25) is 9.59 Å². The fourth-order valence-corrected chi connectivity index (χ4v) is 2.17. The van der Waals surface area contributed by atoms with Crippen molar-refractivity contribution in [2.45, 2.75) is 6.92 Å². The molecule has 3 N–H and O–H groups in total.